The second-order valence-electron chi connectivity index (χ2n) is 4.44. The summed E-state index contributed by atoms with van der Waals surface area (Å²) >= 11 is 0. The molecule has 0 aliphatic rings. The van der Waals surface area contributed by atoms with Crippen LogP contribution in [0.3, 0.4) is 0 Å². The highest BCUT2D eigenvalue weighted by atomic mass is 19.1. The molecule has 0 spiro atoms. The second kappa shape index (κ2) is 4.56. The number of nitrogens with zero attached hydrogens (tertiary/aromatic N) is 2. The summed E-state index contributed by atoms with van der Waals surface area (Å²) in [5.74, 6) is -1.82. The third-order valence-corrected chi connectivity index (χ3v) is 3.03. The molecule has 2 aromatic carbocycles. The maximum absolute atomic E-state index is 13.6. The average molecular weight is 277 g/mol. The van der Waals surface area contributed by atoms with Gasteiger partial charge in [-0.3, -0.25) is 0 Å². The molecule has 20 heavy (non-hydrogen) atoms. The first kappa shape index (κ1) is 12.5. The largest absolute Gasteiger partial charge is 0.369 e. The summed E-state index contributed by atoms with van der Waals surface area (Å²) < 4.78 is 41.5. The van der Waals surface area contributed by atoms with Gasteiger partial charge in [-0.05, 0) is 17.7 Å². The third-order valence-electron chi connectivity index (χ3n) is 3.03. The van der Waals surface area contributed by atoms with E-state index >= 15 is 0 Å². The highest BCUT2D eigenvalue weighted by Crippen LogP contribution is 2.23. The van der Waals surface area contributed by atoms with Crippen molar-refractivity contribution in [2.75, 3.05) is 5.73 Å². The van der Waals surface area contributed by atoms with Crippen molar-refractivity contribution in [3.8, 4) is 0 Å². The van der Waals surface area contributed by atoms with Crippen LogP contribution in [0, 0.1) is 17.5 Å². The van der Waals surface area contributed by atoms with Crippen molar-refractivity contribution in [1.82, 2.24) is 9.55 Å². The van der Waals surface area contributed by atoms with E-state index in [0.29, 0.717) is 5.56 Å². The summed E-state index contributed by atoms with van der Waals surface area (Å²) in [5, 5.41) is 0. The van der Waals surface area contributed by atoms with Gasteiger partial charge in [-0.2, -0.15) is 0 Å². The van der Waals surface area contributed by atoms with Crippen molar-refractivity contribution in [3.63, 3.8) is 0 Å². The van der Waals surface area contributed by atoms with Gasteiger partial charge in [0.15, 0.2) is 5.82 Å². The fourth-order valence-corrected chi connectivity index (χ4v) is 2.15. The van der Waals surface area contributed by atoms with Crippen LogP contribution in [0.4, 0.5) is 19.1 Å². The first-order valence-electron chi connectivity index (χ1n) is 5.90. The third kappa shape index (κ3) is 2.09. The SMILES string of the molecule is Nc1nc2c(F)cc(F)cc2n1Cc1cccc(F)c1. The molecular formula is C14H10F3N3. The minimum absolute atomic E-state index is 0.000281. The quantitative estimate of drug-likeness (QED) is 0.782. The number of nitrogen functional groups attached to an aromatic ring is 1. The van der Waals surface area contributed by atoms with Crippen LogP contribution < -0.4 is 5.73 Å². The van der Waals surface area contributed by atoms with Gasteiger partial charge in [0.25, 0.3) is 0 Å². The Morgan fingerprint density at radius 1 is 1.05 bits per heavy atom. The number of benzene rings is 2. The lowest BCUT2D eigenvalue weighted by Crippen LogP contribution is -2.04. The summed E-state index contributed by atoms with van der Waals surface area (Å²) in [4.78, 5) is 3.88. The minimum Gasteiger partial charge on any atom is -0.369 e. The van der Waals surface area contributed by atoms with E-state index in [1.165, 1.54) is 16.7 Å². The Labute approximate surface area is 112 Å². The molecule has 0 saturated heterocycles. The van der Waals surface area contributed by atoms with Gasteiger partial charge in [0.05, 0.1) is 12.1 Å². The lowest BCUT2D eigenvalue weighted by Gasteiger charge is -2.07. The Balaban J connectivity index is 2.14. The summed E-state index contributed by atoms with van der Waals surface area (Å²) in [5.41, 5.74) is 6.59. The number of nitrogens with two attached hydrogens (primary N) is 1. The van der Waals surface area contributed by atoms with Crippen LogP contribution in [0.5, 0.6) is 0 Å². The molecule has 0 aliphatic carbocycles. The van der Waals surface area contributed by atoms with Gasteiger partial charge in [0, 0.05) is 12.1 Å². The van der Waals surface area contributed by atoms with Crippen LogP contribution in [0.25, 0.3) is 11.0 Å². The predicted octanol–water partition coefficient (Wildman–Crippen LogP) is 3.08. The van der Waals surface area contributed by atoms with E-state index in [4.69, 9.17) is 5.73 Å². The van der Waals surface area contributed by atoms with Gasteiger partial charge >= 0.3 is 0 Å². The average Bonchev–Trinajstić information content (AvgIpc) is 2.68. The van der Waals surface area contributed by atoms with Crippen LogP contribution in [-0.2, 0) is 6.54 Å². The topological polar surface area (TPSA) is 43.8 Å². The Morgan fingerprint density at radius 2 is 1.85 bits per heavy atom. The van der Waals surface area contributed by atoms with E-state index in [0.717, 1.165) is 12.1 Å². The van der Waals surface area contributed by atoms with E-state index in [1.54, 1.807) is 12.1 Å². The molecule has 0 bridgehead atoms. The molecule has 0 unspecified atom stereocenters. The molecule has 1 heterocycles. The molecule has 3 rings (SSSR count). The Bertz CT molecular complexity index is 796. The van der Waals surface area contributed by atoms with Gasteiger partial charge in [-0.1, -0.05) is 12.1 Å². The zero-order valence-electron chi connectivity index (χ0n) is 10.3. The Kier molecular flexibility index (Phi) is 2.85. The van der Waals surface area contributed by atoms with E-state index in [-0.39, 0.29) is 29.3 Å². The fraction of sp³-hybridized carbons (Fsp3) is 0.0714. The zero-order chi connectivity index (χ0) is 14.3. The Morgan fingerprint density at radius 3 is 2.60 bits per heavy atom. The maximum atomic E-state index is 13.6. The van der Waals surface area contributed by atoms with Gasteiger partial charge < -0.3 is 10.3 Å². The number of anilines is 1. The number of hydrogen-bond acceptors (Lipinski definition) is 2. The fourth-order valence-electron chi connectivity index (χ4n) is 2.15. The van der Waals surface area contributed by atoms with Crippen molar-refractivity contribution in [3.05, 3.63) is 59.4 Å². The van der Waals surface area contributed by atoms with Crippen LogP contribution in [-0.4, -0.2) is 9.55 Å². The van der Waals surface area contributed by atoms with Crippen molar-refractivity contribution in [2.45, 2.75) is 6.54 Å². The molecule has 0 saturated carbocycles. The second-order valence-corrected chi connectivity index (χ2v) is 4.44. The van der Waals surface area contributed by atoms with Crippen LogP contribution in [0.1, 0.15) is 5.56 Å². The first-order chi connectivity index (χ1) is 9.54. The summed E-state index contributed by atoms with van der Waals surface area (Å²) in [7, 11) is 0. The van der Waals surface area contributed by atoms with Crippen LogP contribution in [0.15, 0.2) is 36.4 Å². The lowest BCUT2D eigenvalue weighted by molar-refractivity contribution is 0.590. The predicted molar refractivity (Wildman–Crippen MR) is 69.6 cm³/mol. The molecule has 0 amide bonds. The number of halogens is 3. The first-order valence-corrected chi connectivity index (χ1v) is 5.90. The van der Waals surface area contributed by atoms with Gasteiger partial charge in [0.1, 0.15) is 17.2 Å². The number of imidazole rings is 1. The molecule has 0 aliphatic heterocycles. The maximum Gasteiger partial charge on any atom is 0.201 e. The van der Waals surface area contributed by atoms with E-state index in [1.807, 2.05) is 0 Å². The molecule has 0 atom stereocenters. The monoisotopic (exact) mass is 277 g/mol. The summed E-state index contributed by atoms with van der Waals surface area (Å²) in [6.07, 6.45) is 0. The summed E-state index contributed by atoms with van der Waals surface area (Å²) in [6, 6.07) is 7.81. The van der Waals surface area contributed by atoms with Gasteiger partial charge in [-0.25, -0.2) is 18.2 Å². The molecule has 0 radical (unpaired) electrons. The molecule has 3 nitrogen and oxygen atoms in total. The van der Waals surface area contributed by atoms with E-state index in [2.05, 4.69) is 4.98 Å². The van der Waals surface area contributed by atoms with Crippen LogP contribution >= 0.6 is 0 Å². The summed E-state index contributed by atoms with van der Waals surface area (Å²) in [6.45, 7) is 0.184. The number of aromatic nitrogens is 2. The van der Waals surface area contributed by atoms with Gasteiger partial charge in [0.2, 0.25) is 5.95 Å². The number of hydrogen-bond donors (Lipinski definition) is 1. The number of rotatable bonds is 2. The molecule has 3 aromatic rings. The van der Waals surface area contributed by atoms with Crippen molar-refractivity contribution in [1.29, 1.82) is 0 Å². The van der Waals surface area contributed by atoms with E-state index in [9.17, 15) is 13.2 Å². The smallest absolute Gasteiger partial charge is 0.201 e. The normalized spacial score (nSPS) is 11.2. The Hall–Kier alpha value is -2.50. The molecule has 0 fully saturated rings. The zero-order valence-corrected chi connectivity index (χ0v) is 10.3. The van der Waals surface area contributed by atoms with Gasteiger partial charge in [-0.15, -0.1) is 0 Å². The molecule has 6 heteroatoms. The van der Waals surface area contributed by atoms with E-state index < -0.39 is 11.6 Å². The minimum atomic E-state index is -0.773. The highest BCUT2D eigenvalue weighted by molar-refractivity contribution is 5.79. The van der Waals surface area contributed by atoms with Crippen molar-refractivity contribution < 1.29 is 13.2 Å². The molecule has 102 valence electrons. The number of fused-ring (bicyclic) bond motifs is 1. The standard InChI is InChI=1S/C14H10F3N3/c15-9-3-1-2-8(4-9)7-20-12-6-10(16)5-11(17)13(12)19-14(20)18/h1-6H,7H2,(H2,18,19). The van der Waals surface area contributed by atoms with Crippen molar-refractivity contribution in [2.24, 2.45) is 0 Å². The lowest BCUT2D eigenvalue weighted by atomic mass is 10.2. The molecular weight excluding hydrogens is 267 g/mol. The molecule has 1 aromatic heterocycles. The van der Waals surface area contributed by atoms with Crippen molar-refractivity contribution >= 4 is 17.0 Å². The van der Waals surface area contributed by atoms with Crippen LogP contribution in [0.2, 0.25) is 0 Å². The molecule has 2 N–H and O–H groups in total. The highest BCUT2D eigenvalue weighted by Gasteiger charge is 2.14.